The molecule has 30 heavy (non-hydrogen) atoms. The minimum absolute atomic E-state index is 0.0564. The van der Waals surface area contributed by atoms with Crippen LogP contribution in [0.25, 0.3) is 0 Å². The van der Waals surface area contributed by atoms with E-state index in [1.807, 2.05) is 13.8 Å². The third kappa shape index (κ3) is 6.57. The number of hydrogen-bond acceptors (Lipinski definition) is 4. The molecule has 1 aliphatic rings. The first-order valence-electron chi connectivity index (χ1n) is 9.69. The number of hydrogen-bond donors (Lipinski definition) is 1. The van der Waals surface area contributed by atoms with Crippen LogP contribution >= 0.6 is 11.6 Å². The van der Waals surface area contributed by atoms with E-state index in [1.165, 1.54) is 0 Å². The van der Waals surface area contributed by atoms with E-state index in [9.17, 15) is 26.4 Å². The minimum atomic E-state index is -4.76. The van der Waals surface area contributed by atoms with Crippen molar-refractivity contribution in [2.24, 2.45) is 5.92 Å². The van der Waals surface area contributed by atoms with E-state index in [-0.39, 0.29) is 31.0 Å². The lowest BCUT2D eigenvalue weighted by atomic mass is 9.97. The number of sulfonamides is 1. The molecule has 0 bridgehead atoms. The van der Waals surface area contributed by atoms with E-state index in [0.717, 1.165) is 16.4 Å². The maximum Gasteiger partial charge on any atom is 0.417 e. The SMILES string of the molecule is CC(C)OCCCNC(=O)C1CCN(S(=O)(=O)c2ccc(Cl)c(C(F)(F)F)c2)CC1. The molecule has 0 unspecified atom stereocenters. The zero-order valence-corrected chi connectivity index (χ0v) is 18.4. The Kier molecular flexibility index (Phi) is 8.55. The van der Waals surface area contributed by atoms with E-state index in [1.54, 1.807) is 0 Å². The van der Waals surface area contributed by atoms with Crippen LogP contribution in [0.15, 0.2) is 23.1 Å². The third-order valence-electron chi connectivity index (χ3n) is 4.78. The smallest absolute Gasteiger partial charge is 0.379 e. The molecule has 0 aromatic heterocycles. The monoisotopic (exact) mass is 470 g/mol. The predicted molar refractivity (Wildman–Crippen MR) is 107 cm³/mol. The zero-order chi connectivity index (χ0) is 22.5. The van der Waals surface area contributed by atoms with E-state index in [0.29, 0.717) is 38.5 Å². The van der Waals surface area contributed by atoms with E-state index in [2.05, 4.69) is 5.32 Å². The number of nitrogens with zero attached hydrogens (tertiary/aromatic N) is 1. The molecule has 0 atom stereocenters. The number of piperidine rings is 1. The van der Waals surface area contributed by atoms with Gasteiger partial charge in [0.1, 0.15) is 0 Å². The highest BCUT2D eigenvalue weighted by atomic mass is 35.5. The van der Waals surface area contributed by atoms with Crippen molar-refractivity contribution in [1.82, 2.24) is 9.62 Å². The van der Waals surface area contributed by atoms with Gasteiger partial charge >= 0.3 is 6.18 Å². The Hall–Kier alpha value is -1.36. The first kappa shape index (κ1) is 24.9. The van der Waals surface area contributed by atoms with E-state index in [4.69, 9.17) is 16.3 Å². The average molecular weight is 471 g/mol. The first-order valence-corrected chi connectivity index (χ1v) is 11.5. The Labute approximate surface area is 179 Å². The number of halogens is 4. The second kappa shape index (κ2) is 10.3. The van der Waals surface area contributed by atoms with Gasteiger partial charge in [0.25, 0.3) is 0 Å². The van der Waals surface area contributed by atoms with Gasteiger partial charge in [-0.3, -0.25) is 4.79 Å². The fourth-order valence-corrected chi connectivity index (χ4v) is 4.86. The van der Waals surface area contributed by atoms with Gasteiger partial charge in [0.15, 0.2) is 0 Å². The molecule has 1 amide bonds. The summed E-state index contributed by atoms with van der Waals surface area (Å²) in [6.07, 6.45) is -3.36. The lowest BCUT2D eigenvalue weighted by Gasteiger charge is -2.30. The van der Waals surface area contributed by atoms with Gasteiger partial charge in [-0.15, -0.1) is 0 Å². The Morgan fingerprint density at radius 3 is 2.50 bits per heavy atom. The number of alkyl halides is 3. The van der Waals surface area contributed by atoms with Gasteiger partial charge in [0.2, 0.25) is 15.9 Å². The molecule has 2 rings (SSSR count). The normalized spacial score (nSPS) is 16.8. The largest absolute Gasteiger partial charge is 0.417 e. The summed E-state index contributed by atoms with van der Waals surface area (Å²) in [4.78, 5) is 11.8. The highest BCUT2D eigenvalue weighted by Crippen LogP contribution is 2.36. The zero-order valence-electron chi connectivity index (χ0n) is 16.8. The summed E-state index contributed by atoms with van der Waals surface area (Å²) in [7, 11) is -4.12. The van der Waals surface area contributed by atoms with Crippen molar-refractivity contribution < 1.29 is 31.1 Å². The van der Waals surface area contributed by atoms with Crippen LogP contribution < -0.4 is 5.32 Å². The third-order valence-corrected chi connectivity index (χ3v) is 7.00. The molecular weight excluding hydrogens is 445 g/mol. The molecule has 0 aliphatic carbocycles. The van der Waals surface area contributed by atoms with Gasteiger partial charge in [-0.2, -0.15) is 17.5 Å². The van der Waals surface area contributed by atoms with Gasteiger partial charge in [-0.05, 0) is 51.3 Å². The Bertz CT molecular complexity index is 839. The van der Waals surface area contributed by atoms with Crippen LogP contribution in [0.5, 0.6) is 0 Å². The molecule has 0 saturated carbocycles. The van der Waals surface area contributed by atoms with Crippen LogP contribution in [0, 0.1) is 5.92 Å². The summed E-state index contributed by atoms with van der Waals surface area (Å²) >= 11 is 5.57. The minimum Gasteiger partial charge on any atom is -0.379 e. The number of carbonyl (C=O) groups is 1. The lowest BCUT2D eigenvalue weighted by molar-refractivity contribution is -0.137. The van der Waals surface area contributed by atoms with Gasteiger partial charge < -0.3 is 10.1 Å². The topological polar surface area (TPSA) is 75.7 Å². The number of carbonyl (C=O) groups excluding carboxylic acids is 1. The molecule has 6 nitrogen and oxygen atoms in total. The molecule has 0 radical (unpaired) electrons. The van der Waals surface area contributed by atoms with E-state index >= 15 is 0 Å². The summed E-state index contributed by atoms with van der Waals surface area (Å²) in [5, 5.41) is 2.26. The molecule has 0 spiro atoms. The highest BCUT2D eigenvalue weighted by molar-refractivity contribution is 7.89. The summed E-state index contributed by atoms with van der Waals surface area (Å²) in [5.41, 5.74) is -1.19. The number of amides is 1. The molecule has 11 heteroatoms. The van der Waals surface area contributed by atoms with Crippen LogP contribution in [0.3, 0.4) is 0 Å². The van der Waals surface area contributed by atoms with Crippen molar-refractivity contribution in [3.8, 4) is 0 Å². The molecule has 1 N–H and O–H groups in total. The average Bonchev–Trinajstić information content (AvgIpc) is 2.66. The van der Waals surface area contributed by atoms with Crippen LogP contribution in [-0.4, -0.2) is 51.0 Å². The summed E-state index contributed by atoms with van der Waals surface area (Å²) in [6, 6.07) is 2.54. The van der Waals surface area contributed by atoms with Crippen molar-refractivity contribution in [2.75, 3.05) is 26.2 Å². The van der Waals surface area contributed by atoms with E-state index < -0.39 is 31.7 Å². The highest BCUT2D eigenvalue weighted by Gasteiger charge is 2.37. The van der Waals surface area contributed by atoms with Gasteiger partial charge in [0, 0.05) is 32.2 Å². The fraction of sp³-hybridized carbons (Fsp3) is 0.632. The number of rotatable bonds is 8. The van der Waals surface area contributed by atoms with Crippen molar-refractivity contribution in [3.05, 3.63) is 28.8 Å². The fourth-order valence-electron chi connectivity index (χ4n) is 3.14. The summed E-state index contributed by atoms with van der Waals surface area (Å²) in [5.74, 6) is -0.485. The molecular formula is C19H26ClF3N2O4S. The molecule has 1 saturated heterocycles. The van der Waals surface area contributed by atoms with Gasteiger partial charge in [-0.1, -0.05) is 11.6 Å². The Morgan fingerprint density at radius 2 is 1.93 bits per heavy atom. The van der Waals surface area contributed by atoms with Crippen molar-refractivity contribution >= 4 is 27.5 Å². The maximum absolute atomic E-state index is 13.0. The Balaban J connectivity index is 1.93. The molecule has 1 aromatic rings. The first-order chi connectivity index (χ1) is 13.9. The molecule has 1 aliphatic heterocycles. The molecule has 1 aromatic carbocycles. The number of ether oxygens (including phenoxy) is 1. The summed E-state index contributed by atoms with van der Waals surface area (Å²) < 4.78 is 71.1. The van der Waals surface area contributed by atoms with Crippen LogP contribution in [0.1, 0.15) is 38.7 Å². The second-order valence-electron chi connectivity index (χ2n) is 7.38. The van der Waals surface area contributed by atoms with Crippen LogP contribution in [0.2, 0.25) is 5.02 Å². The second-order valence-corrected chi connectivity index (χ2v) is 9.73. The lowest BCUT2D eigenvalue weighted by Crippen LogP contribution is -2.43. The van der Waals surface area contributed by atoms with Crippen molar-refractivity contribution in [2.45, 2.75) is 50.3 Å². The van der Waals surface area contributed by atoms with Gasteiger partial charge in [0.05, 0.1) is 21.6 Å². The molecule has 1 fully saturated rings. The number of benzene rings is 1. The molecule has 170 valence electrons. The number of nitrogens with one attached hydrogen (secondary N) is 1. The standard InChI is InChI=1S/C19H26ClF3N2O4S/c1-13(2)29-11-3-8-24-18(26)14-6-9-25(10-7-14)30(27,28)15-4-5-17(20)16(12-15)19(21,22)23/h4-5,12-14H,3,6-11H2,1-2H3,(H,24,26). The summed E-state index contributed by atoms with van der Waals surface area (Å²) in [6.45, 7) is 4.97. The van der Waals surface area contributed by atoms with Gasteiger partial charge in [-0.25, -0.2) is 8.42 Å². The predicted octanol–water partition coefficient (Wildman–Crippen LogP) is 3.69. The quantitative estimate of drug-likeness (QED) is 0.588. The van der Waals surface area contributed by atoms with Crippen LogP contribution in [0.4, 0.5) is 13.2 Å². The van der Waals surface area contributed by atoms with Crippen molar-refractivity contribution in [3.63, 3.8) is 0 Å². The van der Waals surface area contributed by atoms with Crippen LogP contribution in [-0.2, 0) is 25.7 Å². The maximum atomic E-state index is 13.0. The Morgan fingerprint density at radius 1 is 1.30 bits per heavy atom. The molecule has 1 heterocycles. The van der Waals surface area contributed by atoms with Crippen molar-refractivity contribution in [1.29, 1.82) is 0 Å².